The summed E-state index contributed by atoms with van der Waals surface area (Å²) in [5.41, 5.74) is 0.977. The summed E-state index contributed by atoms with van der Waals surface area (Å²) < 4.78 is 5.57. The van der Waals surface area contributed by atoms with E-state index in [1.54, 1.807) is 30.3 Å². The molecule has 6 heteroatoms. The smallest absolute Gasteiger partial charge is 0.276 e. The van der Waals surface area contributed by atoms with Gasteiger partial charge in [-0.1, -0.05) is 18.2 Å². The summed E-state index contributed by atoms with van der Waals surface area (Å²) in [5.74, 6) is 0.115. The van der Waals surface area contributed by atoms with Gasteiger partial charge in [0.2, 0.25) is 0 Å². The Balaban J connectivity index is 2.12. The lowest BCUT2D eigenvalue weighted by Crippen LogP contribution is -2.19. The molecule has 2 aromatic rings. The Hall–Kier alpha value is -2.89. The summed E-state index contributed by atoms with van der Waals surface area (Å²) in [5, 5.41) is 13.7. The van der Waals surface area contributed by atoms with Crippen LogP contribution >= 0.6 is 0 Å². The van der Waals surface area contributed by atoms with Gasteiger partial charge in [-0.2, -0.15) is 0 Å². The normalized spacial score (nSPS) is 13.1. The molecule has 3 rings (SSSR count). The van der Waals surface area contributed by atoms with E-state index in [4.69, 9.17) is 4.74 Å². The van der Waals surface area contributed by atoms with Crippen LogP contribution < -0.4 is 10.1 Å². The number of nitrogens with one attached hydrogen (secondary N) is 1. The summed E-state index contributed by atoms with van der Waals surface area (Å²) in [6.45, 7) is -0.0169. The van der Waals surface area contributed by atoms with Crippen LogP contribution in [-0.2, 0) is 6.61 Å². The number of para-hydroxylation sites is 2. The molecule has 0 saturated heterocycles. The Bertz CT molecular complexity index is 712. The third kappa shape index (κ3) is 1.97. The molecule has 2 aromatic carbocycles. The fraction of sp³-hybridized carbons (Fsp3) is 0.0714. The standard InChI is InChI=1S/C14H10N2O4/c17-14-9-4-3-6-12(16(18)19)10(9)8-20-13-7-2-1-5-11(13)15-14/h1-7H,8H2,(H,15,17). The van der Waals surface area contributed by atoms with Crippen LogP contribution in [0.15, 0.2) is 42.5 Å². The fourth-order valence-corrected chi connectivity index (χ4v) is 2.15. The number of anilines is 1. The molecular weight excluding hydrogens is 260 g/mol. The van der Waals surface area contributed by atoms with Gasteiger partial charge in [-0.05, 0) is 18.2 Å². The summed E-state index contributed by atoms with van der Waals surface area (Å²) in [4.78, 5) is 22.7. The number of nitro groups is 1. The van der Waals surface area contributed by atoms with Gasteiger partial charge in [-0.3, -0.25) is 14.9 Å². The van der Waals surface area contributed by atoms with Gasteiger partial charge in [-0.15, -0.1) is 0 Å². The highest BCUT2D eigenvalue weighted by Gasteiger charge is 2.24. The fourth-order valence-electron chi connectivity index (χ4n) is 2.15. The highest BCUT2D eigenvalue weighted by molar-refractivity contribution is 6.06. The molecule has 20 heavy (non-hydrogen) atoms. The van der Waals surface area contributed by atoms with Crippen LogP contribution in [0.5, 0.6) is 5.75 Å². The lowest BCUT2D eigenvalue weighted by atomic mass is 10.0. The van der Waals surface area contributed by atoms with Crippen LogP contribution in [0, 0.1) is 10.1 Å². The quantitative estimate of drug-likeness (QED) is 0.638. The van der Waals surface area contributed by atoms with Gasteiger partial charge in [0.15, 0.2) is 0 Å². The van der Waals surface area contributed by atoms with Crippen molar-refractivity contribution >= 4 is 17.3 Å². The summed E-state index contributed by atoms with van der Waals surface area (Å²) in [6.07, 6.45) is 0. The zero-order valence-electron chi connectivity index (χ0n) is 10.3. The molecule has 0 aliphatic carbocycles. The average molecular weight is 270 g/mol. The van der Waals surface area contributed by atoms with Crippen molar-refractivity contribution in [2.75, 3.05) is 5.32 Å². The molecule has 1 aliphatic heterocycles. The Labute approximate surface area is 114 Å². The third-order valence-corrected chi connectivity index (χ3v) is 3.10. The molecule has 1 heterocycles. The van der Waals surface area contributed by atoms with Gasteiger partial charge in [0, 0.05) is 6.07 Å². The van der Waals surface area contributed by atoms with E-state index in [-0.39, 0.29) is 29.3 Å². The minimum atomic E-state index is -0.511. The molecule has 0 saturated carbocycles. The topological polar surface area (TPSA) is 81.5 Å². The number of fused-ring (bicyclic) bond motifs is 2. The van der Waals surface area contributed by atoms with Crippen molar-refractivity contribution in [1.29, 1.82) is 0 Å². The van der Waals surface area contributed by atoms with E-state index >= 15 is 0 Å². The van der Waals surface area contributed by atoms with Gasteiger partial charge in [0.25, 0.3) is 11.6 Å². The van der Waals surface area contributed by atoms with Crippen LogP contribution in [0.3, 0.4) is 0 Å². The minimum absolute atomic E-state index is 0.0169. The first-order valence-electron chi connectivity index (χ1n) is 5.96. The summed E-state index contributed by atoms with van der Waals surface area (Å²) >= 11 is 0. The van der Waals surface area contributed by atoms with Crippen LogP contribution in [0.4, 0.5) is 11.4 Å². The van der Waals surface area contributed by atoms with Crippen molar-refractivity contribution in [3.8, 4) is 5.75 Å². The Morgan fingerprint density at radius 1 is 1.15 bits per heavy atom. The molecule has 0 atom stereocenters. The molecule has 1 N–H and O–H groups in total. The Morgan fingerprint density at radius 3 is 2.75 bits per heavy atom. The van der Waals surface area contributed by atoms with Crippen LogP contribution in [0.1, 0.15) is 15.9 Å². The van der Waals surface area contributed by atoms with Crippen molar-refractivity contribution in [3.63, 3.8) is 0 Å². The SMILES string of the molecule is O=C1Nc2ccccc2OCc2c1cccc2[N+](=O)[O-]. The molecule has 6 nitrogen and oxygen atoms in total. The van der Waals surface area contributed by atoms with Crippen LogP contribution in [0.2, 0.25) is 0 Å². The number of nitrogens with zero attached hydrogens (tertiary/aromatic N) is 1. The number of amides is 1. The third-order valence-electron chi connectivity index (χ3n) is 3.10. The molecule has 0 radical (unpaired) electrons. The van der Waals surface area contributed by atoms with Crippen molar-refractivity contribution in [2.45, 2.75) is 6.61 Å². The van der Waals surface area contributed by atoms with E-state index in [1.165, 1.54) is 12.1 Å². The summed E-state index contributed by atoms with van der Waals surface area (Å²) in [6, 6.07) is 11.4. The molecule has 0 spiro atoms. The van der Waals surface area contributed by atoms with E-state index in [0.717, 1.165) is 0 Å². The predicted octanol–water partition coefficient (Wildman–Crippen LogP) is 2.74. The number of hydrogen-bond acceptors (Lipinski definition) is 4. The first kappa shape index (κ1) is 12.2. The first-order chi connectivity index (χ1) is 9.66. The number of ether oxygens (including phenoxy) is 1. The van der Waals surface area contributed by atoms with E-state index in [2.05, 4.69) is 5.32 Å². The molecule has 1 amide bonds. The average Bonchev–Trinajstić information content (AvgIpc) is 2.44. The van der Waals surface area contributed by atoms with Gasteiger partial charge >= 0.3 is 0 Å². The Kier molecular flexibility index (Phi) is 2.83. The van der Waals surface area contributed by atoms with Gasteiger partial charge in [0.1, 0.15) is 12.4 Å². The largest absolute Gasteiger partial charge is 0.486 e. The second-order valence-electron chi connectivity index (χ2n) is 4.30. The van der Waals surface area contributed by atoms with Crippen molar-refractivity contribution in [2.24, 2.45) is 0 Å². The number of benzene rings is 2. The van der Waals surface area contributed by atoms with E-state index in [1.807, 2.05) is 0 Å². The minimum Gasteiger partial charge on any atom is -0.486 e. The second-order valence-corrected chi connectivity index (χ2v) is 4.30. The molecule has 0 fully saturated rings. The van der Waals surface area contributed by atoms with Crippen molar-refractivity contribution < 1.29 is 14.5 Å². The maximum absolute atomic E-state index is 12.2. The highest BCUT2D eigenvalue weighted by Crippen LogP contribution is 2.31. The maximum atomic E-state index is 12.2. The zero-order chi connectivity index (χ0) is 14.1. The highest BCUT2D eigenvalue weighted by atomic mass is 16.6. The molecule has 0 unspecified atom stereocenters. The maximum Gasteiger partial charge on any atom is 0.276 e. The van der Waals surface area contributed by atoms with Gasteiger partial charge < -0.3 is 10.1 Å². The van der Waals surface area contributed by atoms with E-state index in [9.17, 15) is 14.9 Å². The zero-order valence-corrected chi connectivity index (χ0v) is 10.3. The van der Waals surface area contributed by atoms with Gasteiger partial charge in [-0.25, -0.2) is 0 Å². The van der Waals surface area contributed by atoms with Crippen LogP contribution in [-0.4, -0.2) is 10.8 Å². The summed E-state index contributed by atoms with van der Waals surface area (Å²) in [7, 11) is 0. The van der Waals surface area contributed by atoms with E-state index in [0.29, 0.717) is 11.4 Å². The predicted molar refractivity (Wildman–Crippen MR) is 71.8 cm³/mol. The van der Waals surface area contributed by atoms with Crippen molar-refractivity contribution in [1.82, 2.24) is 0 Å². The van der Waals surface area contributed by atoms with E-state index < -0.39 is 4.92 Å². The second kappa shape index (κ2) is 4.65. The van der Waals surface area contributed by atoms with Gasteiger partial charge in [0.05, 0.1) is 21.7 Å². The lowest BCUT2D eigenvalue weighted by Gasteiger charge is -2.18. The Morgan fingerprint density at radius 2 is 1.95 bits per heavy atom. The molecule has 100 valence electrons. The van der Waals surface area contributed by atoms with Crippen LogP contribution in [0.25, 0.3) is 0 Å². The number of rotatable bonds is 1. The molecular formula is C14H10N2O4. The monoisotopic (exact) mass is 270 g/mol. The molecule has 0 bridgehead atoms. The lowest BCUT2D eigenvalue weighted by molar-refractivity contribution is -0.385. The first-order valence-corrected chi connectivity index (χ1v) is 5.96. The number of hydrogen-bond donors (Lipinski definition) is 1. The van der Waals surface area contributed by atoms with Crippen molar-refractivity contribution in [3.05, 3.63) is 63.7 Å². The molecule has 0 aromatic heterocycles. The number of carbonyl (C=O) groups excluding carboxylic acids is 1. The number of carbonyl (C=O) groups is 1. The molecule has 1 aliphatic rings. The number of nitro benzene ring substituents is 1.